The van der Waals surface area contributed by atoms with Crippen LogP contribution in [0.2, 0.25) is 0 Å². The lowest BCUT2D eigenvalue weighted by molar-refractivity contribution is 0.174. The van der Waals surface area contributed by atoms with Crippen LogP contribution in [0.25, 0.3) is 0 Å². The van der Waals surface area contributed by atoms with Crippen LogP contribution in [0.3, 0.4) is 0 Å². The summed E-state index contributed by atoms with van der Waals surface area (Å²) in [6.07, 6.45) is 1.29. The monoisotopic (exact) mass is 255 g/mol. The maximum absolute atomic E-state index is 3.67. The Morgan fingerprint density at radius 1 is 1.17 bits per heavy atom. The molecule has 3 heteroatoms. The minimum Gasteiger partial charge on any atom is -0.315 e. The maximum atomic E-state index is 3.67. The number of hydrogen-bond acceptors (Lipinski definition) is 3. The molecule has 3 nitrogen and oxygen atoms in total. The van der Waals surface area contributed by atoms with Gasteiger partial charge in [0.2, 0.25) is 0 Å². The fourth-order valence-corrected chi connectivity index (χ4v) is 3.05. The number of nitrogens with one attached hydrogen (secondary N) is 2. The topological polar surface area (TPSA) is 27.3 Å². The second kappa shape index (κ2) is 7.46. The summed E-state index contributed by atoms with van der Waals surface area (Å²) in [5, 5.41) is 7.08. The lowest BCUT2D eigenvalue weighted by Crippen LogP contribution is -2.50. The van der Waals surface area contributed by atoms with E-state index in [9.17, 15) is 0 Å². The van der Waals surface area contributed by atoms with Gasteiger partial charge in [0.1, 0.15) is 0 Å². The molecule has 0 aromatic heterocycles. The normalized spacial score (nSPS) is 20.3. The van der Waals surface area contributed by atoms with E-state index in [1.165, 1.54) is 19.5 Å². The zero-order valence-electron chi connectivity index (χ0n) is 13.1. The van der Waals surface area contributed by atoms with Crippen LogP contribution in [0.4, 0.5) is 0 Å². The number of nitrogens with zero attached hydrogens (tertiary/aromatic N) is 1. The van der Waals surface area contributed by atoms with Crippen LogP contribution in [-0.2, 0) is 0 Å². The highest BCUT2D eigenvalue weighted by Gasteiger charge is 2.20. The van der Waals surface area contributed by atoms with Crippen molar-refractivity contribution in [2.45, 2.75) is 47.1 Å². The Labute approximate surface area is 114 Å². The van der Waals surface area contributed by atoms with Crippen LogP contribution >= 0.6 is 0 Å². The van der Waals surface area contributed by atoms with Crippen LogP contribution in [0.15, 0.2) is 0 Å². The van der Waals surface area contributed by atoms with Crippen molar-refractivity contribution in [2.24, 2.45) is 11.3 Å². The Morgan fingerprint density at radius 3 is 2.33 bits per heavy atom. The number of rotatable bonds is 7. The zero-order chi connectivity index (χ0) is 13.6. The summed E-state index contributed by atoms with van der Waals surface area (Å²) in [5.41, 5.74) is 0.414. The van der Waals surface area contributed by atoms with Gasteiger partial charge in [-0.15, -0.1) is 0 Å². The van der Waals surface area contributed by atoms with Gasteiger partial charge in [-0.05, 0) is 24.7 Å². The summed E-state index contributed by atoms with van der Waals surface area (Å²) in [5.74, 6) is 0.785. The van der Waals surface area contributed by atoms with Crippen molar-refractivity contribution in [3.8, 4) is 0 Å². The van der Waals surface area contributed by atoms with Crippen LogP contribution in [-0.4, -0.2) is 50.2 Å². The highest BCUT2D eigenvalue weighted by atomic mass is 15.2. The molecule has 1 aliphatic heterocycles. The van der Waals surface area contributed by atoms with E-state index in [1.54, 1.807) is 0 Å². The van der Waals surface area contributed by atoms with Gasteiger partial charge in [-0.3, -0.25) is 4.90 Å². The Kier molecular flexibility index (Phi) is 6.61. The highest BCUT2D eigenvalue weighted by Crippen LogP contribution is 2.24. The van der Waals surface area contributed by atoms with Crippen LogP contribution < -0.4 is 10.6 Å². The second-order valence-electron chi connectivity index (χ2n) is 7.03. The summed E-state index contributed by atoms with van der Waals surface area (Å²) in [7, 11) is 0. The number of piperazine rings is 1. The smallest absolute Gasteiger partial charge is 0.0193 e. The van der Waals surface area contributed by atoms with E-state index >= 15 is 0 Å². The fraction of sp³-hybridized carbons (Fsp3) is 1.00. The maximum Gasteiger partial charge on any atom is 0.0193 e. The predicted octanol–water partition coefficient (Wildman–Crippen LogP) is 1.94. The van der Waals surface area contributed by atoms with E-state index < -0.39 is 0 Å². The average molecular weight is 255 g/mol. The predicted molar refractivity (Wildman–Crippen MR) is 80.0 cm³/mol. The van der Waals surface area contributed by atoms with Crippen molar-refractivity contribution >= 4 is 0 Å². The first-order valence-electron chi connectivity index (χ1n) is 7.56. The molecule has 2 N–H and O–H groups in total. The zero-order valence-corrected chi connectivity index (χ0v) is 13.1. The minimum atomic E-state index is 0.414. The summed E-state index contributed by atoms with van der Waals surface area (Å²) in [6.45, 7) is 18.6. The molecule has 0 saturated carbocycles. The van der Waals surface area contributed by atoms with Gasteiger partial charge in [-0.25, -0.2) is 0 Å². The standard InChI is InChI=1S/C15H33N3/c1-13(2)10-15(4,5)12-17-11-14(3)18-8-6-16-7-9-18/h13-14,16-17H,6-12H2,1-5H3. The molecule has 0 aromatic rings. The molecule has 1 saturated heterocycles. The molecule has 0 radical (unpaired) electrons. The minimum absolute atomic E-state index is 0.414. The van der Waals surface area contributed by atoms with E-state index in [4.69, 9.17) is 0 Å². The average Bonchev–Trinajstić information content (AvgIpc) is 2.28. The first kappa shape index (κ1) is 15.9. The largest absolute Gasteiger partial charge is 0.315 e. The lowest BCUT2D eigenvalue weighted by Gasteiger charge is -2.34. The second-order valence-corrected chi connectivity index (χ2v) is 7.03. The molecule has 1 atom stereocenters. The quantitative estimate of drug-likeness (QED) is 0.728. The van der Waals surface area contributed by atoms with Crippen LogP contribution in [0.5, 0.6) is 0 Å². The highest BCUT2D eigenvalue weighted by molar-refractivity contribution is 4.78. The van der Waals surface area contributed by atoms with E-state index in [0.717, 1.165) is 32.1 Å². The van der Waals surface area contributed by atoms with Crippen LogP contribution in [0.1, 0.15) is 41.0 Å². The van der Waals surface area contributed by atoms with E-state index in [-0.39, 0.29) is 0 Å². The van der Waals surface area contributed by atoms with Gasteiger partial charge in [0, 0.05) is 45.3 Å². The molecule has 0 spiro atoms. The summed E-state index contributed by atoms with van der Waals surface area (Å²) >= 11 is 0. The van der Waals surface area contributed by atoms with Crippen molar-refractivity contribution in [3.05, 3.63) is 0 Å². The molecular weight excluding hydrogens is 222 g/mol. The molecule has 1 unspecified atom stereocenters. The molecule has 1 aliphatic rings. The summed E-state index contributed by atoms with van der Waals surface area (Å²) < 4.78 is 0. The van der Waals surface area contributed by atoms with Gasteiger partial charge in [0.15, 0.2) is 0 Å². The van der Waals surface area contributed by atoms with Crippen molar-refractivity contribution in [1.29, 1.82) is 0 Å². The first-order valence-corrected chi connectivity index (χ1v) is 7.56. The van der Waals surface area contributed by atoms with Gasteiger partial charge in [0.05, 0.1) is 0 Å². The fourth-order valence-electron chi connectivity index (χ4n) is 3.05. The summed E-state index contributed by atoms with van der Waals surface area (Å²) in [4.78, 5) is 2.58. The van der Waals surface area contributed by atoms with Gasteiger partial charge < -0.3 is 10.6 Å². The Balaban J connectivity index is 2.19. The van der Waals surface area contributed by atoms with Crippen molar-refractivity contribution in [2.75, 3.05) is 39.3 Å². The Bertz CT molecular complexity index is 220. The molecule has 1 heterocycles. The molecule has 0 bridgehead atoms. The molecule has 1 rings (SSSR count). The molecular formula is C15H33N3. The summed E-state index contributed by atoms with van der Waals surface area (Å²) in [6, 6.07) is 0.655. The third-order valence-electron chi connectivity index (χ3n) is 3.78. The van der Waals surface area contributed by atoms with Gasteiger partial charge >= 0.3 is 0 Å². The molecule has 0 amide bonds. The van der Waals surface area contributed by atoms with Crippen LogP contribution in [0, 0.1) is 11.3 Å². The Morgan fingerprint density at radius 2 is 1.78 bits per heavy atom. The molecule has 0 aromatic carbocycles. The van der Waals surface area contributed by atoms with Crippen molar-refractivity contribution in [3.63, 3.8) is 0 Å². The van der Waals surface area contributed by atoms with Crippen molar-refractivity contribution in [1.82, 2.24) is 15.5 Å². The molecule has 108 valence electrons. The van der Waals surface area contributed by atoms with Gasteiger partial charge in [-0.2, -0.15) is 0 Å². The molecule has 0 aliphatic carbocycles. The van der Waals surface area contributed by atoms with E-state index in [1.807, 2.05) is 0 Å². The molecule has 1 fully saturated rings. The third kappa shape index (κ3) is 6.17. The van der Waals surface area contributed by atoms with Crippen molar-refractivity contribution < 1.29 is 0 Å². The van der Waals surface area contributed by atoms with E-state index in [2.05, 4.69) is 50.2 Å². The first-order chi connectivity index (χ1) is 8.41. The van der Waals surface area contributed by atoms with Gasteiger partial charge in [0.25, 0.3) is 0 Å². The lowest BCUT2D eigenvalue weighted by atomic mass is 9.84. The van der Waals surface area contributed by atoms with Gasteiger partial charge in [-0.1, -0.05) is 27.7 Å². The number of hydrogen-bond donors (Lipinski definition) is 2. The SMILES string of the molecule is CC(C)CC(C)(C)CNCC(C)N1CCNCC1. The molecule has 18 heavy (non-hydrogen) atoms. The Hall–Kier alpha value is -0.120. The third-order valence-corrected chi connectivity index (χ3v) is 3.78. The van der Waals surface area contributed by atoms with E-state index in [0.29, 0.717) is 11.5 Å².